The topological polar surface area (TPSA) is 115 Å². The predicted octanol–water partition coefficient (Wildman–Crippen LogP) is 0.494. The molecule has 4 unspecified atom stereocenters. The number of amides is 1. The second-order valence-corrected chi connectivity index (χ2v) is 7.20. The molecule has 3 rings (SSSR count). The Bertz CT molecular complexity index is 883. The summed E-state index contributed by atoms with van der Waals surface area (Å²) in [5.74, 6) is -3.12. The molecular weight excluding hydrogens is 407 g/mol. The van der Waals surface area contributed by atoms with E-state index in [-0.39, 0.29) is 16.9 Å². The number of aliphatic hydroxyl groups is 1. The van der Waals surface area contributed by atoms with Gasteiger partial charge in [-0.2, -0.15) is 13.2 Å². The van der Waals surface area contributed by atoms with Crippen molar-refractivity contribution in [1.29, 1.82) is 0 Å². The highest BCUT2D eigenvalue weighted by molar-refractivity contribution is 7.71. The molecule has 4 atom stereocenters. The molecule has 28 heavy (non-hydrogen) atoms. The van der Waals surface area contributed by atoms with Gasteiger partial charge in [0, 0.05) is 12.7 Å². The molecule has 2 fully saturated rings. The molecule has 1 aromatic rings. The van der Waals surface area contributed by atoms with Crippen LogP contribution in [-0.4, -0.2) is 57.4 Å². The molecule has 0 spiro atoms. The van der Waals surface area contributed by atoms with Gasteiger partial charge in [-0.1, -0.05) is 0 Å². The number of nitrogens with zero attached hydrogens (tertiary/aromatic N) is 1. The Hall–Kier alpha value is -1.80. The van der Waals surface area contributed by atoms with Crippen LogP contribution in [-0.2, 0) is 25.5 Å². The quantitative estimate of drug-likeness (QED) is 0.602. The first-order valence-electron chi connectivity index (χ1n) is 8.24. The first kappa shape index (κ1) is 20.9. The van der Waals surface area contributed by atoms with Crippen molar-refractivity contribution in [3.8, 4) is 0 Å². The van der Waals surface area contributed by atoms with Crippen LogP contribution in [0.1, 0.15) is 25.6 Å². The van der Waals surface area contributed by atoms with E-state index in [0.717, 1.165) is 0 Å². The van der Waals surface area contributed by atoms with Crippen LogP contribution in [0.2, 0.25) is 0 Å². The molecule has 2 saturated heterocycles. The number of hydrogen-bond donors (Lipinski definition) is 3. The number of fused-ring (bicyclic) bond motifs is 1. The second kappa shape index (κ2) is 7.22. The Morgan fingerprint density at radius 1 is 1.39 bits per heavy atom. The third kappa shape index (κ3) is 3.98. The van der Waals surface area contributed by atoms with Crippen LogP contribution in [0.5, 0.6) is 0 Å². The maximum atomic E-state index is 12.3. The second-order valence-electron chi connectivity index (χ2n) is 6.81. The molecule has 3 N–H and O–H groups in total. The van der Waals surface area contributed by atoms with Crippen molar-refractivity contribution in [2.75, 3.05) is 6.61 Å². The molecule has 2 aliphatic heterocycles. The van der Waals surface area contributed by atoms with E-state index < -0.39 is 54.5 Å². The number of nitrogens with one attached hydrogen (secondary N) is 2. The normalized spacial score (nSPS) is 28.9. The molecular formula is C15H18F3N3O6S. The number of aromatic amines is 1. The van der Waals surface area contributed by atoms with Gasteiger partial charge in [-0.25, -0.2) is 0 Å². The fraction of sp³-hybridized carbons (Fsp3) is 0.667. The van der Waals surface area contributed by atoms with Gasteiger partial charge in [0.05, 0.1) is 12.2 Å². The van der Waals surface area contributed by atoms with Gasteiger partial charge >= 0.3 is 12.1 Å². The van der Waals surface area contributed by atoms with Crippen molar-refractivity contribution < 1.29 is 37.3 Å². The summed E-state index contributed by atoms with van der Waals surface area (Å²) in [5.41, 5.74) is -0.919. The molecule has 1 aromatic heterocycles. The lowest BCUT2D eigenvalue weighted by molar-refractivity contribution is -0.200. The average molecular weight is 425 g/mol. The molecule has 9 nitrogen and oxygen atoms in total. The molecule has 3 heterocycles. The summed E-state index contributed by atoms with van der Waals surface area (Å²) in [4.78, 5) is 25.3. The molecule has 0 aromatic carbocycles. The first-order chi connectivity index (χ1) is 12.9. The van der Waals surface area contributed by atoms with Gasteiger partial charge in [-0.05, 0) is 26.1 Å². The number of H-pyrrole nitrogens is 1. The maximum Gasteiger partial charge on any atom is 0.471 e. The lowest BCUT2D eigenvalue weighted by Gasteiger charge is -2.25. The number of halogens is 3. The molecule has 1 amide bonds. The highest BCUT2D eigenvalue weighted by Crippen LogP contribution is 2.42. The first-order valence-corrected chi connectivity index (χ1v) is 8.65. The summed E-state index contributed by atoms with van der Waals surface area (Å²) in [5, 5.41) is 11.2. The van der Waals surface area contributed by atoms with Crippen LogP contribution in [0.25, 0.3) is 0 Å². The lowest BCUT2D eigenvalue weighted by Crippen LogP contribution is -2.38. The zero-order valence-electron chi connectivity index (χ0n) is 14.8. The Balaban J connectivity index is 1.89. The Kier molecular flexibility index (Phi) is 5.40. The van der Waals surface area contributed by atoms with Crippen LogP contribution in [0.15, 0.2) is 11.0 Å². The predicted molar refractivity (Wildman–Crippen MR) is 88.6 cm³/mol. The standard InChI is InChI=1S/C15H18F3N3O6S/c1-14(2)26-8-7(5-22)25-11(9(8)27-14)21-4-6(10(23)20-13(21)28)3-19-12(24)15(16,17)18/h4,7-9,11,22H,3,5H2,1-2H3,(H,19,24)(H,20,23,28). The minimum atomic E-state index is -5.07. The minimum Gasteiger partial charge on any atom is -0.394 e. The number of aromatic nitrogens is 2. The van der Waals surface area contributed by atoms with Crippen LogP contribution in [0.3, 0.4) is 0 Å². The van der Waals surface area contributed by atoms with Gasteiger partial charge in [-0.15, -0.1) is 0 Å². The average Bonchev–Trinajstić information content (AvgIpc) is 3.06. The van der Waals surface area contributed by atoms with Crippen molar-refractivity contribution in [3.63, 3.8) is 0 Å². The van der Waals surface area contributed by atoms with E-state index in [0.29, 0.717) is 0 Å². The van der Waals surface area contributed by atoms with Crippen LogP contribution in [0.4, 0.5) is 13.2 Å². The summed E-state index contributed by atoms with van der Waals surface area (Å²) in [7, 11) is 0. The van der Waals surface area contributed by atoms with Gasteiger partial charge in [0.15, 0.2) is 16.8 Å². The highest BCUT2D eigenvalue weighted by atomic mass is 32.1. The molecule has 13 heteroatoms. The molecule has 2 aliphatic rings. The van der Waals surface area contributed by atoms with E-state index in [1.165, 1.54) is 10.8 Å². The summed E-state index contributed by atoms with van der Waals surface area (Å²) in [6.07, 6.45) is -6.79. The number of carbonyl (C=O) groups excluding carboxylic acids is 1. The smallest absolute Gasteiger partial charge is 0.394 e. The molecule has 0 bridgehead atoms. The third-order valence-electron chi connectivity index (χ3n) is 4.32. The van der Waals surface area contributed by atoms with Crippen molar-refractivity contribution in [2.24, 2.45) is 0 Å². The molecule has 0 saturated carbocycles. The SMILES string of the molecule is CC1(C)OC2C(CO)OC(n3cc(CNC(=O)C(F)(F)F)c(=O)[nH]c3=S)C2O1. The minimum absolute atomic E-state index is 0.0634. The van der Waals surface area contributed by atoms with Crippen molar-refractivity contribution >= 4 is 18.1 Å². The lowest BCUT2D eigenvalue weighted by atomic mass is 10.1. The summed E-state index contributed by atoms with van der Waals surface area (Å²) in [6, 6.07) is 0. The maximum absolute atomic E-state index is 12.3. The van der Waals surface area contributed by atoms with E-state index in [1.54, 1.807) is 19.2 Å². The zero-order valence-corrected chi connectivity index (χ0v) is 15.6. The summed E-state index contributed by atoms with van der Waals surface area (Å²) >= 11 is 5.12. The molecule has 156 valence electrons. The van der Waals surface area contributed by atoms with Crippen LogP contribution >= 0.6 is 12.2 Å². The highest BCUT2D eigenvalue weighted by Gasteiger charge is 2.55. The third-order valence-corrected chi connectivity index (χ3v) is 4.63. The van der Waals surface area contributed by atoms with Crippen LogP contribution < -0.4 is 10.9 Å². The van der Waals surface area contributed by atoms with Crippen molar-refractivity contribution in [3.05, 3.63) is 26.9 Å². The van der Waals surface area contributed by atoms with Gasteiger partial charge in [0.25, 0.3) is 5.56 Å². The van der Waals surface area contributed by atoms with Crippen molar-refractivity contribution in [1.82, 2.24) is 14.9 Å². The van der Waals surface area contributed by atoms with Gasteiger partial charge < -0.3 is 24.6 Å². The zero-order chi connectivity index (χ0) is 20.9. The van der Waals surface area contributed by atoms with E-state index >= 15 is 0 Å². The summed E-state index contributed by atoms with van der Waals surface area (Å²) < 4.78 is 55.5. The fourth-order valence-electron chi connectivity index (χ4n) is 3.15. The van der Waals surface area contributed by atoms with E-state index in [9.17, 15) is 27.9 Å². The Morgan fingerprint density at radius 3 is 2.64 bits per heavy atom. The fourth-order valence-corrected chi connectivity index (χ4v) is 3.40. The van der Waals surface area contributed by atoms with Crippen LogP contribution in [0, 0.1) is 4.77 Å². The van der Waals surface area contributed by atoms with E-state index in [4.69, 9.17) is 26.4 Å². The number of rotatable bonds is 4. The van der Waals surface area contributed by atoms with E-state index in [2.05, 4.69) is 4.98 Å². The Morgan fingerprint density at radius 2 is 2.04 bits per heavy atom. The van der Waals surface area contributed by atoms with E-state index in [1.807, 2.05) is 0 Å². The number of alkyl halides is 3. The number of hydrogen-bond acceptors (Lipinski definition) is 7. The number of aliphatic hydroxyl groups excluding tert-OH is 1. The number of carbonyl (C=O) groups is 1. The number of ether oxygens (including phenoxy) is 3. The largest absolute Gasteiger partial charge is 0.471 e. The van der Waals surface area contributed by atoms with Gasteiger partial charge in [-0.3, -0.25) is 19.1 Å². The molecule has 0 radical (unpaired) electrons. The van der Waals surface area contributed by atoms with Crippen molar-refractivity contribution in [2.45, 2.75) is 56.9 Å². The monoisotopic (exact) mass is 425 g/mol. The summed E-state index contributed by atoms with van der Waals surface area (Å²) in [6.45, 7) is 2.33. The van der Waals surface area contributed by atoms with Gasteiger partial charge in [0.1, 0.15) is 18.3 Å². The van der Waals surface area contributed by atoms with Gasteiger partial charge in [0.2, 0.25) is 0 Å². The molecule has 0 aliphatic carbocycles. The Labute approximate surface area is 161 Å².